The Morgan fingerprint density at radius 3 is 2.08 bits per heavy atom. The Bertz CT molecular complexity index is 1590. The number of hydrogen-bond acceptors (Lipinski definition) is 8. The highest BCUT2D eigenvalue weighted by Gasteiger charge is 2.31. The predicted molar refractivity (Wildman–Crippen MR) is 190 cm³/mol. The van der Waals surface area contributed by atoms with Gasteiger partial charge in [0.1, 0.15) is 36.6 Å². The van der Waals surface area contributed by atoms with Gasteiger partial charge in [-0.25, -0.2) is 14.4 Å². The fourth-order valence-corrected chi connectivity index (χ4v) is 5.75. The largest absolute Gasteiger partial charge is 0.490 e. The van der Waals surface area contributed by atoms with E-state index >= 15 is 0 Å². The van der Waals surface area contributed by atoms with Gasteiger partial charge in [0.2, 0.25) is 5.91 Å². The van der Waals surface area contributed by atoms with Crippen molar-refractivity contribution in [3.05, 3.63) is 102 Å². The Morgan fingerprint density at radius 1 is 0.840 bits per heavy atom. The quantitative estimate of drug-likeness (QED) is 0.0716. The molecule has 0 heterocycles. The van der Waals surface area contributed by atoms with Crippen molar-refractivity contribution in [3.8, 4) is 16.9 Å². The molecule has 0 radical (unpaired) electrons. The molecule has 3 N–H and O–H groups in total. The third kappa shape index (κ3) is 10.8. The molecule has 0 saturated carbocycles. The van der Waals surface area contributed by atoms with Crippen LogP contribution in [0.15, 0.2) is 85.5 Å². The summed E-state index contributed by atoms with van der Waals surface area (Å²) in [4.78, 5) is 51.7. The number of nitrogens with one attached hydrogen (secondary N) is 3. The minimum atomic E-state index is -1.03. The lowest BCUT2D eigenvalue weighted by Crippen LogP contribution is -2.52. The van der Waals surface area contributed by atoms with Crippen molar-refractivity contribution in [1.29, 1.82) is 0 Å². The van der Waals surface area contributed by atoms with E-state index in [0.29, 0.717) is 31.7 Å². The summed E-state index contributed by atoms with van der Waals surface area (Å²) in [5, 5.41) is 8.17. The number of fused-ring (bicyclic) bond motifs is 3. The summed E-state index contributed by atoms with van der Waals surface area (Å²) < 4.78 is 21.5. The van der Waals surface area contributed by atoms with E-state index in [0.717, 1.165) is 27.8 Å². The average Bonchev–Trinajstić information content (AvgIpc) is 3.41. The molecule has 50 heavy (non-hydrogen) atoms. The molecule has 1 aliphatic rings. The van der Waals surface area contributed by atoms with Crippen molar-refractivity contribution in [3.63, 3.8) is 0 Å². The zero-order valence-electron chi connectivity index (χ0n) is 29.2. The molecule has 3 aromatic rings. The second-order valence-electron chi connectivity index (χ2n) is 13.0. The zero-order chi connectivity index (χ0) is 36.1. The number of alkyl carbamates (subject to hydrolysis) is 2. The van der Waals surface area contributed by atoms with Crippen molar-refractivity contribution in [2.45, 2.75) is 70.1 Å². The van der Waals surface area contributed by atoms with Crippen molar-refractivity contribution < 1.29 is 38.1 Å². The number of benzene rings is 3. The van der Waals surface area contributed by atoms with Gasteiger partial charge in [-0.3, -0.25) is 4.79 Å². The molecule has 3 aromatic carbocycles. The molecule has 11 nitrogen and oxygen atoms in total. The van der Waals surface area contributed by atoms with Gasteiger partial charge >= 0.3 is 18.2 Å². The lowest BCUT2D eigenvalue weighted by molar-refractivity contribution is -0.145. The Kier molecular flexibility index (Phi) is 13.4. The zero-order valence-corrected chi connectivity index (χ0v) is 29.2. The van der Waals surface area contributed by atoms with E-state index in [1.165, 1.54) is 7.11 Å². The fourth-order valence-electron chi connectivity index (χ4n) is 5.75. The number of esters is 1. The molecule has 266 valence electrons. The number of unbranched alkanes of at least 4 members (excludes halogenated alkanes) is 1. The molecule has 0 unspecified atom stereocenters. The van der Waals surface area contributed by atoms with E-state index in [2.05, 4.69) is 34.7 Å². The van der Waals surface area contributed by atoms with Gasteiger partial charge in [0, 0.05) is 18.9 Å². The van der Waals surface area contributed by atoms with Crippen LogP contribution in [0, 0.1) is 0 Å². The monoisotopic (exact) mass is 685 g/mol. The van der Waals surface area contributed by atoms with E-state index in [1.807, 2.05) is 36.4 Å². The van der Waals surface area contributed by atoms with Crippen molar-refractivity contribution >= 4 is 24.1 Å². The van der Waals surface area contributed by atoms with Gasteiger partial charge < -0.3 is 34.9 Å². The third-order valence-electron chi connectivity index (χ3n) is 8.07. The Labute approximate surface area is 293 Å². The summed E-state index contributed by atoms with van der Waals surface area (Å²) in [6.07, 6.45) is 1.69. The smallest absolute Gasteiger partial charge is 0.407 e. The highest BCUT2D eigenvalue weighted by Crippen LogP contribution is 2.44. The van der Waals surface area contributed by atoms with Gasteiger partial charge in [0.25, 0.3) is 0 Å². The van der Waals surface area contributed by atoms with Crippen molar-refractivity contribution in [1.82, 2.24) is 16.0 Å². The lowest BCUT2D eigenvalue weighted by Gasteiger charge is -2.23. The van der Waals surface area contributed by atoms with Gasteiger partial charge in [-0.2, -0.15) is 0 Å². The van der Waals surface area contributed by atoms with Crippen molar-refractivity contribution in [2.24, 2.45) is 0 Å². The highest BCUT2D eigenvalue weighted by atomic mass is 16.6. The number of carbonyl (C=O) groups is 4. The minimum absolute atomic E-state index is 0.0747. The van der Waals surface area contributed by atoms with Crippen LogP contribution in [0.4, 0.5) is 9.59 Å². The predicted octanol–water partition coefficient (Wildman–Crippen LogP) is 6.05. The van der Waals surface area contributed by atoms with E-state index < -0.39 is 41.7 Å². The van der Waals surface area contributed by atoms with E-state index in [-0.39, 0.29) is 25.4 Å². The number of hydrogen-bond donors (Lipinski definition) is 3. The number of amides is 3. The van der Waals surface area contributed by atoms with Crippen LogP contribution < -0.4 is 20.7 Å². The fraction of sp³-hybridized carbons (Fsp3) is 0.385. The Balaban J connectivity index is 1.41. The standard InChI is InChI=1S/C39H47N3O8/c1-6-23-48-27-20-18-26(19-21-27)24-34(36(44)47-5)41-35(43)33(17-11-12-22-40-37(45)50-39(2,3)4)42-38(46)49-25-32-30-15-9-7-13-28(30)29-14-8-10-16-31(29)32/h6-10,13-16,18-21,32-34H,1,11-12,17,22-25H2,2-5H3,(H,40,45)(H,41,43)(H,42,46)/t33-,34-/m0/s1. The van der Waals surface area contributed by atoms with Crippen LogP contribution in [-0.2, 0) is 30.2 Å². The molecule has 0 aromatic heterocycles. The first-order chi connectivity index (χ1) is 24.0. The van der Waals surface area contributed by atoms with E-state index in [1.54, 1.807) is 51.1 Å². The molecule has 0 aliphatic heterocycles. The molecule has 0 saturated heterocycles. The maximum atomic E-state index is 13.7. The van der Waals surface area contributed by atoms with Gasteiger partial charge in [-0.15, -0.1) is 0 Å². The highest BCUT2D eigenvalue weighted by molar-refractivity contribution is 5.90. The lowest BCUT2D eigenvalue weighted by atomic mass is 9.98. The summed E-state index contributed by atoms with van der Waals surface area (Å²) >= 11 is 0. The normalized spacial score (nSPS) is 13.1. The molecule has 3 amide bonds. The molecular formula is C39H47N3O8. The van der Waals surface area contributed by atoms with Gasteiger partial charge in [0.05, 0.1) is 7.11 Å². The second-order valence-corrected chi connectivity index (χ2v) is 13.0. The maximum Gasteiger partial charge on any atom is 0.407 e. The van der Waals surface area contributed by atoms with Crippen LogP contribution in [0.25, 0.3) is 11.1 Å². The van der Waals surface area contributed by atoms with Crippen LogP contribution in [0.3, 0.4) is 0 Å². The summed E-state index contributed by atoms with van der Waals surface area (Å²) in [5.41, 5.74) is 4.46. The van der Waals surface area contributed by atoms with Gasteiger partial charge in [-0.1, -0.05) is 73.3 Å². The summed E-state index contributed by atoms with van der Waals surface area (Å²) in [6.45, 7) is 9.72. The van der Waals surface area contributed by atoms with Crippen molar-refractivity contribution in [2.75, 3.05) is 26.9 Å². The van der Waals surface area contributed by atoms with Gasteiger partial charge in [0.15, 0.2) is 0 Å². The molecule has 0 bridgehead atoms. The Morgan fingerprint density at radius 2 is 1.48 bits per heavy atom. The van der Waals surface area contributed by atoms with Crippen LogP contribution >= 0.6 is 0 Å². The number of ether oxygens (including phenoxy) is 4. The number of methoxy groups -OCH3 is 1. The third-order valence-corrected chi connectivity index (χ3v) is 8.07. The first-order valence-electron chi connectivity index (χ1n) is 16.8. The van der Waals surface area contributed by atoms with E-state index in [9.17, 15) is 19.2 Å². The van der Waals surface area contributed by atoms with Crippen LogP contribution in [0.5, 0.6) is 5.75 Å². The first-order valence-corrected chi connectivity index (χ1v) is 16.8. The molecule has 4 rings (SSSR count). The van der Waals surface area contributed by atoms with Gasteiger partial charge in [-0.05, 0) is 80.0 Å². The average molecular weight is 686 g/mol. The van der Waals surface area contributed by atoms with Crippen LogP contribution in [0.1, 0.15) is 62.6 Å². The Hall–Kier alpha value is -5.32. The molecule has 0 spiro atoms. The maximum absolute atomic E-state index is 13.7. The molecule has 11 heteroatoms. The summed E-state index contributed by atoms with van der Waals surface area (Å²) in [7, 11) is 1.25. The first kappa shape index (κ1) is 37.5. The molecule has 2 atom stereocenters. The summed E-state index contributed by atoms with van der Waals surface area (Å²) in [6, 6.07) is 21.1. The molecule has 0 fully saturated rings. The molecule has 1 aliphatic carbocycles. The molecular weight excluding hydrogens is 638 g/mol. The SMILES string of the molecule is C=CCOc1ccc(C[C@H](NC(=O)[C@H](CCCCNC(=O)OC(C)(C)C)NC(=O)OCC2c3ccccc3-c3ccccc32)C(=O)OC)cc1. The number of carbonyl (C=O) groups excluding carboxylic acids is 4. The second kappa shape index (κ2) is 17.9. The summed E-state index contributed by atoms with van der Waals surface area (Å²) in [5.74, 6) is -0.718. The minimum Gasteiger partial charge on any atom is -0.490 e. The topological polar surface area (TPSA) is 141 Å². The van der Waals surface area contributed by atoms with Crippen LogP contribution in [0.2, 0.25) is 0 Å². The van der Waals surface area contributed by atoms with E-state index in [4.69, 9.17) is 18.9 Å². The number of rotatable bonds is 16. The van der Waals surface area contributed by atoms with Crippen LogP contribution in [-0.4, -0.2) is 68.6 Å².